The van der Waals surface area contributed by atoms with Gasteiger partial charge in [0.2, 0.25) is 5.91 Å². The van der Waals surface area contributed by atoms with E-state index in [4.69, 9.17) is 4.74 Å². The Hall–Kier alpha value is -2.82. The number of benzene rings is 2. The lowest BCUT2D eigenvalue weighted by Gasteiger charge is -2.31. The second-order valence-corrected chi connectivity index (χ2v) is 9.41. The monoisotopic (exact) mass is 450 g/mol. The number of nitrogens with one attached hydrogen (secondary N) is 1. The van der Waals surface area contributed by atoms with Crippen molar-refractivity contribution < 1.29 is 14.3 Å². The molecule has 0 heterocycles. The Morgan fingerprint density at radius 2 is 1.70 bits per heavy atom. The summed E-state index contributed by atoms with van der Waals surface area (Å²) >= 11 is 0. The number of hydrogen-bond donors (Lipinski definition) is 1. The molecule has 1 unspecified atom stereocenters. The van der Waals surface area contributed by atoms with E-state index < -0.39 is 6.04 Å². The van der Waals surface area contributed by atoms with Crippen LogP contribution in [0.1, 0.15) is 66.8 Å². The molecule has 3 rings (SSSR count). The van der Waals surface area contributed by atoms with Crippen molar-refractivity contribution in [2.45, 2.75) is 85.4 Å². The standard InChI is InChI=1S/C28H38N2O3/c1-6-25(28(32)29-24-9-7-8-10-24)30(17-23-13-11-19(2)12-14-23)27(31)18-33-26-16-20(3)15-21(4)22(26)5/h11-16,24-25H,6-10,17-18H2,1-5H3,(H,29,32). The van der Waals surface area contributed by atoms with E-state index in [0.717, 1.165) is 59.3 Å². The minimum absolute atomic E-state index is 0.0626. The first-order valence-electron chi connectivity index (χ1n) is 12.1. The van der Waals surface area contributed by atoms with Gasteiger partial charge in [0.15, 0.2) is 6.61 Å². The molecule has 178 valence electrons. The number of carbonyl (C=O) groups excluding carboxylic acids is 2. The molecular formula is C28H38N2O3. The molecule has 0 aromatic heterocycles. The molecule has 1 fully saturated rings. The first-order valence-corrected chi connectivity index (χ1v) is 12.1. The van der Waals surface area contributed by atoms with Gasteiger partial charge in [-0.15, -0.1) is 0 Å². The summed E-state index contributed by atoms with van der Waals surface area (Å²) in [5.41, 5.74) is 5.43. The van der Waals surface area contributed by atoms with Gasteiger partial charge in [0.05, 0.1) is 0 Å². The third-order valence-electron chi connectivity index (χ3n) is 6.68. The molecule has 2 amide bonds. The first-order chi connectivity index (χ1) is 15.8. The summed E-state index contributed by atoms with van der Waals surface area (Å²) in [4.78, 5) is 28.3. The Balaban J connectivity index is 1.79. The fraction of sp³-hybridized carbons (Fsp3) is 0.500. The predicted molar refractivity (Wildman–Crippen MR) is 132 cm³/mol. The average Bonchev–Trinajstić information content (AvgIpc) is 3.29. The van der Waals surface area contributed by atoms with Crippen molar-refractivity contribution in [2.24, 2.45) is 0 Å². The molecule has 2 aromatic rings. The number of ether oxygens (including phenoxy) is 1. The lowest BCUT2D eigenvalue weighted by atomic mass is 10.1. The number of carbonyl (C=O) groups is 2. The van der Waals surface area contributed by atoms with Gasteiger partial charge in [0.1, 0.15) is 11.8 Å². The van der Waals surface area contributed by atoms with Gasteiger partial charge in [0.25, 0.3) is 5.91 Å². The van der Waals surface area contributed by atoms with Gasteiger partial charge in [-0.1, -0.05) is 55.7 Å². The number of aryl methyl sites for hydroxylation is 3. The van der Waals surface area contributed by atoms with Gasteiger partial charge in [-0.2, -0.15) is 0 Å². The first kappa shape index (κ1) is 24.8. The van der Waals surface area contributed by atoms with E-state index in [1.807, 2.05) is 65.0 Å². The molecule has 0 spiro atoms. The molecule has 0 bridgehead atoms. The van der Waals surface area contributed by atoms with Crippen molar-refractivity contribution in [3.63, 3.8) is 0 Å². The third-order valence-corrected chi connectivity index (χ3v) is 6.68. The Morgan fingerprint density at radius 1 is 1.03 bits per heavy atom. The molecule has 1 aliphatic carbocycles. The molecule has 0 radical (unpaired) electrons. The molecule has 1 saturated carbocycles. The Labute approximate surface area is 198 Å². The third kappa shape index (κ3) is 6.59. The molecule has 0 aliphatic heterocycles. The van der Waals surface area contributed by atoms with E-state index >= 15 is 0 Å². The molecule has 33 heavy (non-hydrogen) atoms. The van der Waals surface area contributed by atoms with Gasteiger partial charge in [-0.3, -0.25) is 9.59 Å². The minimum Gasteiger partial charge on any atom is -0.483 e. The van der Waals surface area contributed by atoms with Gasteiger partial charge < -0.3 is 15.0 Å². The van der Waals surface area contributed by atoms with Crippen LogP contribution < -0.4 is 10.1 Å². The Bertz CT molecular complexity index is 962. The van der Waals surface area contributed by atoms with Crippen molar-refractivity contribution in [1.29, 1.82) is 0 Å². The lowest BCUT2D eigenvalue weighted by molar-refractivity contribution is -0.143. The normalized spacial score (nSPS) is 14.7. The zero-order chi connectivity index (χ0) is 24.0. The quantitative estimate of drug-likeness (QED) is 0.574. The van der Waals surface area contributed by atoms with Crippen LogP contribution >= 0.6 is 0 Å². The number of rotatable bonds is 9. The van der Waals surface area contributed by atoms with Crippen molar-refractivity contribution in [3.8, 4) is 5.75 Å². The van der Waals surface area contributed by atoms with Gasteiger partial charge in [-0.05, 0) is 75.3 Å². The summed E-state index contributed by atoms with van der Waals surface area (Å²) < 4.78 is 5.98. The van der Waals surface area contributed by atoms with Crippen molar-refractivity contribution >= 4 is 11.8 Å². The van der Waals surface area contributed by atoms with Crippen LogP contribution in [0.15, 0.2) is 36.4 Å². The number of nitrogens with zero attached hydrogens (tertiary/aromatic N) is 1. The highest BCUT2D eigenvalue weighted by atomic mass is 16.5. The highest BCUT2D eigenvalue weighted by Gasteiger charge is 2.31. The molecule has 5 nitrogen and oxygen atoms in total. The van der Waals surface area contributed by atoms with Crippen LogP contribution in [-0.4, -0.2) is 35.4 Å². The maximum atomic E-state index is 13.4. The van der Waals surface area contributed by atoms with Crippen molar-refractivity contribution in [2.75, 3.05) is 6.61 Å². The molecule has 2 aromatic carbocycles. The molecular weight excluding hydrogens is 412 g/mol. The molecule has 5 heteroatoms. The lowest BCUT2D eigenvalue weighted by Crippen LogP contribution is -2.52. The zero-order valence-electron chi connectivity index (χ0n) is 20.7. The summed E-state index contributed by atoms with van der Waals surface area (Å²) in [5, 5.41) is 3.18. The number of amides is 2. The van der Waals surface area contributed by atoms with E-state index in [-0.39, 0.29) is 24.5 Å². The van der Waals surface area contributed by atoms with Gasteiger partial charge in [-0.25, -0.2) is 0 Å². The van der Waals surface area contributed by atoms with E-state index in [2.05, 4.69) is 11.4 Å². The van der Waals surface area contributed by atoms with Crippen molar-refractivity contribution in [3.05, 3.63) is 64.2 Å². The van der Waals surface area contributed by atoms with Crippen molar-refractivity contribution in [1.82, 2.24) is 10.2 Å². The second-order valence-electron chi connectivity index (χ2n) is 9.41. The van der Waals surface area contributed by atoms with Crippen LogP contribution in [0, 0.1) is 27.7 Å². The average molecular weight is 451 g/mol. The summed E-state index contributed by atoms with van der Waals surface area (Å²) in [5.74, 6) is 0.481. The topological polar surface area (TPSA) is 58.6 Å². The van der Waals surface area contributed by atoms with E-state index in [0.29, 0.717) is 13.0 Å². The second kappa shape index (κ2) is 11.4. The minimum atomic E-state index is -0.525. The maximum Gasteiger partial charge on any atom is 0.261 e. The summed E-state index contributed by atoms with van der Waals surface area (Å²) in [6, 6.07) is 11.9. The zero-order valence-corrected chi connectivity index (χ0v) is 20.7. The summed E-state index contributed by atoms with van der Waals surface area (Å²) in [6.07, 6.45) is 4.89. The van der Waals surface area contributed by atoms with Crippen LogP contribution in [0.5, 0.6) is 5.75 Å². The van der Waals surface area contributed by atoms with Gasteiger partial charge >= 0.3 is 0 Å². The smallest absolute Gasteiger partial charge is 0.261 e. The SMILES string of the molecule is CCC(C(=O)NC1CCCC1)N(Cc1ccc(C)cc1)C(=O)COc1cc(C)cc(C)c1C. The van der Waals surface area contributed by atoms with Crippen LogP contribution in [-0.2, 0) is 16.1 Å². The molecule has 1 atom stereocenters. The van der Waals surface area contributed by atoms with E-state index in [9.17, 15) is 9.59 Å². The van der Waals surface area contributed by atoms with Crippen LogP contribution in [0.2, 0.25) is 0 Å². The number of hydrogen-bond acceptors (Lipinski definition) is 3. The maximum absolute atomic E-state index is 13.4. The van der Waals surface area contributed by atoms with Gasteiger partial charge in [0, 0.05) is 12.6 Å². The largest absolute Gasteiger partial charge is 0.483 e. The van der Waals surface area contributed by atoms with E-state index in [1.165, 1.54) is 0 Å². The van der Waals surface area contributed by atoms with Crippen LogP contribution in [0.4, 0.5) is 0 Å². The highest BCUT2D eigenvalue weighted by molar-refractivity contribution is 5.88. The Morgan fingerprint density at radius 3 is 2.33 bits per heavy atom. The van der Waals surface area contributed by atoms with Crippen LogP contribution in [0.25, 0.3) is 0 Å². The predicted octanol–water partition coefficient (Wildman–Crippen LogP) is 5.17. The highest BCUT2D eigenvalue weighted by Crippen LogP contribution is 2.24. The Kier molecular flexibility index (Phi) is 8.54. The van der Waals surface area contributed by atoms with E-state index in [1.54, 1.807) is 4.90 Å². The summed E-state index contributed by atoms with van der Waals surface area (Å²) in [6.45, 7) is 10.3. The summed E-state index contributed by atoms with van der Waals surface area (Å²) in [7, 11) is 0. The molecule has 0 saturated heterocycles. The van der Waals surface area contributed by atoms with Crippen LogP contribution in [0.3, 0.4) is 0 Å². The fourth-order valence-electron chi connectivity index (χ4n) is 4.55. The fourth-order valence-corrected chi connectivity index (χ4v) is 4.55. The molecule has 1 N–H and O–H groups in total. The molecule has 1 aliphatic rings.